The van der Waals surface area contributed by atoms with Crippen LogP contribution in [0.3, 0.4) is 0 Å². The highest BCUT2D eigenvalue weighted by atomic mass is 35.5. The molecule has 0 saturated carbocycles. The Morgan fingerprint density at radius 3 is 2.72 bits per heavy atom. The van der Waals surface area contributed by atoms with Gasteiger partial charge < -0.3 is 15.4 Å². The number of fused-ring (bicyclic) bond motifs is 1. The van der Waals surface area contributed by atoms with Gasteiger partial charge in [-0.15, -0.1) is 0 Å². The number of nitrogens with zero attached hydrogens (tertiary/aromatic N) is 3. The molecule has 2 aromatic heterocycles. The molecule has 1 aliphatic heterocycles. The van der Waals surface area contributed by atoms with Gasteiger partial charge >= 0.3 is 12.0 Å². The number of hydrogen-bond acceptors (Lipinski definition) is 5. The fraction of sp³-hybridized carbons (Fsp3) is 0.200. The van der Waals surface area contributed by atoms with Gasteiger partial charge in [-0.2, -0.15) is 5.10 Å². The second-order valence-corrected chi connectivity index (χ2v) is 7.03. The van der Waals surface area contributed by atoms with Crippen LogP contribution >= 0.6 is 11.6 Å². The lowest BCUT2D eigenvalue weighted by Gasteiger charge is -2.33. The fourth-order valence-electron chi connectivity index (χ4n) is 3.49. The Hall–Kier alpha value is -3.39. The van der Waals surface area contributed by atoms with Gasteiger partial charge in [0, 0.05) is 16.6 Å². The highest BCUT2D eigenvalue weighted by Gasteiger charge is 2.40. The monoisotopic (exact) mass is 411 g/mol. The summed E-state index contributed by atoms with van der Waals surface area (Å²) in [4.78, 5) is 28.9. The summed E-state index contributed by atoms with van der Waals surface area (Å²) in [6, 6.07) is 10.1. The molecule has 1 aliphatic rings. The molecule has 3 aromatic rings. The van der Waals surface area contributed by atoms with Crippen LogP contribution in [0.2, 0.25) is 5.15 Å². The van der Waals surface area contributed by atoms with E-state index in [-0.39, 0.29) is 10.9 Å². The Morgan fingerprint density at radius 2 is 2.03 bits per heavy atom. The minimum atomic E-state index is -0.848. The molecule has 0 radical (unpaired) electrons. The zero-order chi connectivity index (χ0) is 20.7. The Labute approximate surface area is 171 Å². The number of aromatic nitrogens is 3. The van der Waals surface area contributed by atoms with Crippen LogP contribution in [0.5, 0.6) is 0 Å². The fourth-order valence-corrected chi connectivity index (χ4v) is 3.74. The normalized spacial score (nSPS) is 19.0. The maximum Gasteiger partial charge on any atom is 0.319 e. The molecule has 0 aliphatic carbocycles. The van der Waals surface area contributed by atoms with Gasteiger partial charge in [0.1, 0.15) is 11.1 Å². The second kappa shape index (κ2) is 7.21. The number of halogens is 1. The molecular weight excluding hydrogens is 394 g/mol. The third-order valence-electron chi connectivity index (χ3n) is 4.88. The summed E-state index contributed by atoms with van der Waals surface area (Å²) in [7, 11) is 1.28. The second-order valence-electron chi connectivity index (χ2n) is 6.67. The standard InChI is InChI=1S/C20H18ClN5O3/c1-10-13-9-14(16-15(19(27)29-3)11(2)22-20(28)23-16)17(21)24-18(13)26(25-10)12-7-5-4-6-8-12/h4-9,15-16H,2H2,1,3H3,(H2,22,23,28)/t15-,16+/m0/s1. The number of methoxy groups -OCH3 is 1. The molecule has 1 aromatic carbocycles. The van der Waals surface area contributed by atoms with Crippen LogP contribution in [0, 0.1) is 12.8 Å². The number of pyridine rings is 1. The first-order valence-electron chi connectivity index (χ1n) is 8.86. The van der Waals surface area contributed by atoms with Crippen LogP contribution < -0.4 is 10.6 Å². The molecule has 2 atom stereocenters. The van der Waals surface area contributed by atoms with Gasteiger partial charge in [0.15, 0.2) is 5.65 Å². The maximum absolute atomic E-state index is 12.3. The van der Waals surface area contributed by atoms with E-state index < -0.39 is 24.0 Å². The number of carbonyl (C=O) groups excluding carboxylic acids is 2. The van der Waals surface area contributed by atoms with Crippen LogP contribution in [0.4, 0.5) is 4.79 Å². The smallest absolute Gasteiger partial charge is 0.319 e. The summed E-state index contributed by atoms with van der Waals surface area (Å²) in [5.74, 6) is -1.39. The predicted octanol–water partition coefficient (Wildman–Crippen LogP) is 3.04. The van der Waals surface area contributed by atoms with Crippen molar-refractivity contribution in [3.05, 3.63) is 65.1 Å². The lowest BCUT2D eigenvalue weighted by molar-refractivity contribution is -0.145. The van der Waals surface area contributed by atoms with E-state index in [1.165, 1.54) is 7.11 Å². The van der Waals surface area contributed by atoms with Crippen molar-refractivity contribution in [1.29, 1.82) is 0 Å². The summed E-state index contributed by atoms with van der Waals surface area (Å²) in [5, 5.41) is 10.7. The molecule has 9 heteroatoms. The highest BCUT2D eigenvalue weighted by Crippen LogP contribution is 2.36. The molecule has 1 saturated heterocycles. The first-order valence-corrected chi connectivity index (χ1v) is 9.24. The number of esters is 1. The Kier molecular flexibility index (Phi) is 4.71. The summed E-state index contributed by atoms with van der Waals surface area (Å²) >= 11 is 6.51. The number of rotatable bonds is 3. The van der Waals surface area contributed by atoms with Crippen LogP contribution in [-0.2, 0) is 9.53 Å². The number of carbonyl (C=O) groups is 2. The Balaban J connectivity index is 1.87. The van der Waals surface area contributed by atoms with Gasteiger partial charge in [-0.05, 0) is 25.1 Å². The molecular formula is C20H18ClN5O3. The first-order chi connectivity index (χ1) is 13.9. The number of amides is 2. The van der Waals surface area contributed by atoms with Crippen molar-refractivity contribution < 1.29 is 14.3 Å². The van der Waals surface area contributed by atoms with E-state index in [0.717, 1.165) is 16.8 Å². The number of aryl methyl sites for hydroxylation is 1. The van der Waals surface area contributed by atoms with Crippen molar-refractivity contribution >= 4 is 34.6 Å². The van der Waals surface area contributed by atoms with E-state index in [1.807, 2.05) is 37.3 Å². The summed E-state index contributed by atoms with van der Waals surface area (Å²) in [5.41, 5.74) is 2.89. The minimum Gasteiger partial charge on any atom is -0.468 e. The topological polar surface area (TPSA) is 98.1 Å². The predicted molar refractivity (Wildman–Crippen MR) is 108 cm³/mol. The lowest BCUT2D eigenvalue weighted by Crippen LogP contribution is -2.51. The van der Waals surface area contributed by atoms with Crippen LogP contribution in [-0.4, -0.2) is 33.9 Å². The van der Waals surface area contributed by atoms with Crippen molar-refractivity contribution in [3.8, 4) is 5.69 Å². The molecule has 2 N–H and O–H groups in total. The Bertz CT molecular complexity index is 1140. The third-order valence-corrected chi connectivity index (χ3v) is 5.19. The minimum absolute atomic E-state index is 0.156. The molecule has 3 heterocycles. The molecule has 0 unspecified atom stereocenters. The zero-order valence-electron chi connectivity index (χ0n) is 15.8. The van der Waals surface area contributed by atoms with E-state index in [0.29, 0.717) is 11.2 Å². The van der Waals surface area contributed by atoms with Crippen molar-refractivity contribution in [2.75, 3.05) is 7.11 Å². The maximum atomic E-state index is 12.3. The van der Waals surface area contributed by atoms with Crippen LogP contribution in [0.25, 0.3) is 16.7 Å². The molecule has 148 valence electrons. The van der Waals surface area contributed by atoms with E-state index in [1.54, 1.807) is 10.7 Å². The molecule has 29 heavy (non-hydrogen) atoms. The van der Waals surface area contributed by atoms with Crippen LogP contribution in [0.1, 0.15) is 17.3 Å². The van der Waals surface area contributed by atoms with Gasteiger partial charge in [-0.1, -0.05) is 36.4 Å². The number of para-hydroxylation sites is 1. The van der Waals surface area contributed by atoms with Crippen molar-refractivity contribution in [3.63, 3.8) is 0 Å². The van der Waals surface area contributed by atoms with Crippen LogP contribution in [0.15, 0.2) is 48.7 Å². The number of benzene rings is 1. The molecule has 4 rings (SSSR count). The molecule has 0 bridgehead atoms. The summed E-state index contributed by atoms with van der Waals surface area (Å²) in [6.45, 7) is 5.65. The summed E-state index contributed by atoms with van der Waals surface area (Å²) < 4.78 is 6.60. The molecule has 8 nitrogen and oxygen atoms in total. The van der Waals surface area contributed by atoms with Gasteiger partial charge in [-0.25, -0.2) is 14.5 Å². The highest BCUT2D eigenvalue weighted by molar-refractivity contribution is 6.30. The van der Waals surface area contributed by atoms with Crippen molar-refractivity contribution in [2.24, 2.45) is 5.92 Å². The van der Waals surface area contributed by atoms with Gasteiger partial charge in [0.25, 0.3) is 0 Å². The largest absolute Gasteiger partial charge is 0.468 e. The first kappa shape index (κ1) is 18.9. The number of nitrogens with one attached hydrogen (secondary N) is 2. The van der Waals surface area contributed by atoms with E-state index in [2.05, 4.69) is 27.3 Å². The summed E-state index contributed by atoms with van der Waals surface area (Å²) in [6.07, 6.45) is 0. The lowest BCUT2D eigenvalue weighted by atomic mass is 9.89. The van der Waals surface area contributed by atoms with Crippen molar-refractivity contribution in [1.82, 2.24) is 25.4 Å². The Morgan fingerprint density at radius 1 is 1.31 bits per heavy atom. The zero-order valence-corrected chi connectivity index (χ0v) is 16.5. The van der Waals surface area contributed by atoms with E-state index >= 15 is 0 Å². The average Bonchev–Trinajstić information content (AvgIpc) is 3.02. The third kappa shape index (κ3) is 3.21. The molecule has 2 amide bonds. The number of hydrogen-bond donors (Lipinski definition) is 2. The molecule has 1 fully saturated rings. The quantitative estimate of drug-likeness (QED) is 0.510. The number of urea groups is 1. The van der Waals surface area contributed by atoms with Gasteiger partial charge in [-0.3, -0.25) is 4.79 Å². The van der Waals surface area contributed by atoms with Gasteiger partial charge in [0.05, 0.1) is 24.5 Å². The average molecular weight is 412 g/mol. The van der Waals surface area contributed by atoms with E-state index in [9.17, 15) is 9.59 Å². The van der Waals surface area contributed by atoms with Crippen molar-refractivity contribution in [2.45, 2.75) is 13.0 Å². The van der Waals surface area contributed by atoms with E-state index in [4.69, 9.17) is 16.3 Å². The number of ether oxygens (including phenoxy) is 1. The van der Waals surface area contributed by atoms with Gasteiger partial charge in [0.2, 0.25) is 0 Å². The molecule has 0 spiro atoms. The SMILES string of the molecule is C=C1NC(=O)N[C@H](c2cc3c(C)nn(-c4ccccc4)c3nc2Cl)[C@H]1C(=O)OC.